The predicted molar refractivity (Wildman–Crippen MR) is 181 cm³/mol. The Morgan fingerprint density at radius 2 is 1.79 bits per heavy atom. The Morgan fingerprint density at radius 1 is 1.00 bits per heavy atom. The van der Waals surface area contributed by atoms with Crippen molar-refractivity contribution in [2.75, 3.05) is 0 Å². The highest BCUT2D eigenvalue weighted by atomic mass is 79.9. The lowest BCUT2D eigenvalue weighted by molar-refractivity contribution is 0.0610. The minimum atomic E-state index is -0.442. The number of aromatic nitrogens is 6. The molecule has 3 aromatic heterocycles. The molecule has 1 unspecified atom stereocenters. The first kappa shape index (κ1) is 30.3. The summed E-state index contributed by atoms with van der Waals surface area (Å²) in [6, 6.07) is 20.0. The molecular formula is C35H31BrN8O3. The second-order valence-electron chi connectivity index (χ2n) is 11.7. The summed E-state index contributed by atoms with van der Waals surface area (Å²) in [5, 5.41) is 3.05. The molecule has 1 atom stereocenters. The molecule has 0 spiro atoms. The summed E-state index contributed by atoms with van der Waals surface area (Å²) in [6.07, 6.45) is 5.05. The zero-order valence-electron chi connectivity index (χ0n) is 26.0. The molecule has 0 bridgehead atoms. The lowest BCUT2D eigenvalue weighted by Gasteiger charge is -2.34. The van der Waals surface area contributed by atoms with Gasteiger partial charge in [-0.15, -0.1) is 0 Å². The fraction of sp³-hybridized carbons (Fsp3) is 0.200. The Bertz CT molecular complexity index is 2240. The number of amides is 2. The van der Waals surface area contributed by atoms with Crippen LogP contribution in [0.5, 0.6) is 0 Å². The van der Waals surface area contributed by atoms with Crippen LogP contribution in [0.15, 0.2) is 94.7 Å². The van der Waals surface area contributed by atoms with Gasteiger partial charge in [-0.3, -0.25) is 18.7 Å². The summed E-state index contributed by atoms with van der Waals surface area (Å²) >= 11 is 3.51. The van der Waals surface area contributed by atoms with Crippen LogP contribution in [0.3, 0.4) is 0 Å². The van der Waals surface area contributed by atoms with Crippen LogP contribution < -0.4 is 11.0 Å². The fourth-order valence-electron chi connectivity index (χ4n) is 6.16. The van der Waals surface area contributed by atoms with Crippen molar-refractivity contribution in [2.24, 2.45) is 7.05 Å². The van der Waals surface area contributed by atoms with Crippen molar-refractivity contribution in [3.63, 3.8) is 0 Å². The molecule has 0 radical (unpaired) electrons. The second kappa shape index (κ2) is 12.1. The summed E-state index contributed by atoms with van der Waals surface area (Å²) in [5.41, 5.74) is 5.49. The van der Waals surface area contributed by atoms with Gasteiger partial charge in [-0.25, -0.2) is 19.7 Å². The Hall–Kier alpha value is -5.36. The van der Waals surface area contributed by atoms with E-state index in [1.807, 2.05) is 74.0 Å². The Morgan fingerprint density at radius 3 is 2.57 bits per heavy atom. The van der Waals surface area contributed by atoms with Gasteiger partial charge in [0.05, 0.1) is 35.3 Å². The third kappa shape index (κ3) is 5.44. The van der Waals surface area contributed by atoms with E-state index in [-0.39, 0.29) is 43.0 Å². The van der Waals surface area contributed by atoms with Crippen LogP contribution in [0.2, 0.25) is 0 Å². The number of imidazole rings is 2. The zero-order chi connectivity index (χ0) is 32.8. The van der Waals surface area contributed by atoms with Crippen LogP contribution in [0, 0.1) is 6.92 Å². The highest BCUT2D eigenvalue weighted by molar-refractivity contribution is 9.10. The van der Waals surface area contributed by atoms with Gasteiger partial charge >= 0.3 is 5.69 Å². The van der Waals surface area contributed by atoms with Gasteiger partial charge in [-0.05, 0) is 67.4 Å². The van der Waals surface area contributed by atoms with Crippen molar-refractivity contribution in [2.45, 2.75) is 39.5 Å². The number of nitrogens with one attached hydrogen (secondary N) is 1. The van der Waals surface area contributed by atoms with E-state index < -0.39 is 5.91 Å². The Labute approximate surface area is 278 Å². The molecule has 7 rings (SSSR count). The number of hydrogen-bond acceptors (Lipinski definition) is 6. The molecule has 0 aliphatic carbocycles. The highest BCUT2D eigenvalue weighted by Gasteiger charge is 2.35. The van der Waals surface area contributed by atoms with Gasteiger partial charge in [0, 0.05) is 54.2 Å². The number of carbonyl (C=O) groups excluding carboxylic acids is 2. The van der Waals surface area contributed by atoms with Gasteiger partial charge in [-0.1, -0.05) is 40.2 Å². The van der Waals surface area contributed by atoms with Crippen molar-refractivity contribution in [1.82, 2.24) is 38.9 Å². The summed E-state index contributed by atoms with van der Waals surface area (Å²) < 4.78 is 5.86. The predicted octanol–water partition coefficient (Wildman–Crippen LogP) is 5.03. The maximum atomic E-state index is 14.3. The monoisotopic (exact) mass is 690 g/mol. The summed E-state index contributed by atoms with van der Waals surface area (Å²) in [5.74, 6) is -0.0646. The number of benzene rings is 3. The molecule has 6 aromatic rings. The van der Waals surface area contributed by atoms with E-state index in [4.69, 9.17) is 0 Å². The molecule has 1 aliphatic heterocycles. The molecule has 0 saturated carbocycles. The minimum absolute atomic E-state index is 0.0837. The lowest BCUT2D eigenvalue weighted by Crippen LogP contribution is -2.47. The fourth-order valence-corrected chi connectivity index (χ4v) is 6.41. The highest BCUT2D eigenvalue weighted by Crippen LogP contribution is 2.27. The first-order valence-corrected chi connectivity index (χ1v) is 16.0. The molecule has 4 heterocycles. The molecule has 12 heteroatoms. The van der Waals surface area contributed by atoms with Crippen molar-refractivity contribution < 1.29 is 9.59 Å². The van der Waals surface area contributed by atoms with Gasteiger partial charge in [-0.2, -0.15) is 0 Å². The van der Waals surface area contributed by atoms with Crippen LogP contribution in [-0.2, 0) is 26.7 Å². The molecule has 1 aliphatic rings. The van der Waals surface area contributed by atoms with Crippen LogP contribution in [0.25, 0.3) is 28.1 Å². The molecule has 47 heavy (non-hydrogen) atoms. The third-order valence-electron chi connectivity index (χ3n) is 8.66. The van der Waals surface area contributed by atoms with Crippen LogP contribution in [-0.4, -0.2) is 51.4 Å². The Balaban J connectivity index is 1.30. The summed E-state index contributed by atoms with van der Waals surface area (Å²) in [4.78, 5) is 57.3. The summed E-state index contributed by atoms with van der Waals surface area (Å²) in [7, 11) is 1.90. The number of rotatable bonds is 6. The van der Waals surface area contributed by atoms with E-state index in [0.717, 1.165) is 26.7 Å². The average molecular weight is 692 g/mol. The number of halogens is 1. The number of hydrogen-bond donors (Lipinski definition) is 1. The van der Waals surface area contributed by atoms with E-state index in [1.54, 1.807) is 46.4 Å². The number of nitrogens with zero attached hydrogens (tertiary/aromatic N) is 7. The smallest absolute Gasteiger partial charge is 0.333 e. The van der Waals surface area contributed by atoms with Gasteiger partial charge in [0.1, 0.15) is 5.69 Å². The minimum Gasteiger partial charge on any atom is -0.347 e. The van der Waals surface area contributed by atoms with Gasteiger partial charge < -0.3 is 14.8 Å². The molecule has 0 saturated heterocycles. The SMILES string of the molecule is Cc1cc(C(=O)N2Cc3c(C(=O)NCc4ccccc4-c4ncccn4)n(-c4ccc5c(c4)ncn5C)c(=O)n3CC2C)ccc1Br. The van der Waals surface area contributed by atoms with Gasteiger partial charge in [0.25, 0.3) is 11.8 Å². The molecule has 236 valence electrons. The lowest BCUT2D eigenvalue weighted by atomic mass is 10.1. The molecule has 3 aromatic carbocycles. The van der Waals surface area contributed by atoms with Crippen molar-refractivity contribution >= 4 is 38.8 Å². The van der Waals surface area contributed by atoms with Crippen molar-refractivity contribution in [3.8, 4) is 17.1 Å². The normalized spacial score (nSPS) is 14.3. The largest absolute Gasteiger partial charge is 0.347 e. The van der Waals surface area contributed by atoms with Crippen LogP contribution in [0.4, 0.5) is 0 Å². The van der Waals surface area contributed by atoms with E-state index >= 15 is 0 Å². The van der Waals surface area contributed by atoms with Gasteiger partial charge in [0.15, 0.2) is 5.82 Å². The zero-order valence-corrected chi connectivity index (χ0v) is 27.6. The standard InChI is InChI=1S/C35H31BrN8O3/c1-21-15-23(9-11-27(21)36)34(46)42-19-30-31(33(45)39-17-24-7-4-5-8-26(24)32-37-13-6-14-38-32)44(35(47)43(30)18-22(42)2)25-10-12-29-28(16-25)40-20-41(29)3/h4-16,20,22H,17-19H2,1-3H3,(H,39,45). The summed E-state index contributed by atoms with van der Waals surface area (Å²) in [6.45, 7) is 4.34. The van der Waals surface area contributed by atoms with E-state index in [2.05, 4.69) is 36.2 Å². The second-order valence-corrected chi connectivity index (χ2v) is 12.6. The van der Waals surface area contributed by atoms with Crippen LogP contribution in [0.1, 0.15) is 44.6 Å². The Kier molecular flexibility index (Phi) is 7.80. The van der Waals surface area contributed by atoms with Gasteiger partial charge in [0.2, 0.25) is 0 Å². The van der Waals surface area contributed by atoms with E-state index in [0.29, 0.717) is 28.3 Å². The molecular weight excluding hydrogens is 660 g/mol. The maximum Gasteiger partial charge on any atom is 0.333 e. The number of carbonyl (C=O) groups is 2. The molecule has 0 fully saturated rings. The number of aryl methyl sites for hydroxylation is 2. The van der Waals surface area contributed by atoms with Crippen LogP contribution >= 0.6 is 15.9 Å². The van der Waals surface area contributed by atoms with E-state index in [9.17, 15) is 14.4 Å². The first-order chi connectivity index (χ1) is 22.7. The third-order valence-corrected chi connectivity index (χ3v) is 9.55. The maximum absolute atomic E-state index is 14.3. The molecule has 11 nitrogen and oxygen atoms in total. The van der Waals surface area contributed by atoms with Crippen molar-refractivity contribution in [3.05, 3.63) is 128 Å². The average Bonchev–Trinajstić information content (AvgIpc) is 3.60. The van der Waals surface area contributed by atoms with E-state index in [1.165, 1.54) is 4.57 Å². The topological polar surface area (TPSA) is 120 Å². The quantitative estimate of drug-likeness (QED) is 0.262. The molecule has 2 amide bonds. The number of fused-ring (bicyclic) bond motifs is 2. The first-order valence-electron chi connectivity index (χ1n) is 15.2. The molecule has 1 N–H and O–H groups in total. The van der Waals surface area contributed by atoms with Crippen molar-refractivity contribution in [1.29, 1.82) is 0 Å².